The van der Waals surface area contributed by atoms with Crippen LogP contribution in [-0.2, 0) is 38.7 Å². The fourth-order valence-corrected chi connectivity index (χ4v) is 8.34. The first-order chi connectivity index (χ1) is 20.8. The minimum atomic E-state index is -1.02. The van der Waals surface area contributed by atoms with Crippen LogP contribution in [0.3, 0.4) is 0 Å². The van der Waals surface area contributed by atoms with Gasteiger partial charge in [0, 0.05) is 33.8 Å². The number of nitrogens with one attached hydrogen (secondary N) is 1. The van der Waals surface area contributed by atoms with Crippen molar-refractivity contribution in [2.75, 3.05) is 24.9 Å². The molecule has 0 radical (unpaired) electrons. The van der Waals surface area contributed by atoms with Crippen LogP contribution in [0.5, 0.6) is 0 Å². The third-order valence-electron chi connectivity index (χ3n) is 9.10. The van der Waals surface area contributed by atoms with Gasteiger partial charge in [0.05, 0.1) is 41.2 Å². The van der Waals surface area contributed by atoms with Crippen LogP contribution < -0.4 is 5.32 Å². The standard InChI is InChI=1S/C34H37N3O4S2/c1-6-26-36-24-10-9-20(18-43-7-2)15-21(24)29-30-23(17-35-33(30)39)28-22-14-19(12-13-42-5)8-11-25(22)37(32(28)31(29)36)34(3,41-26)16-27(38)40-4/h8-11,14-15,26H,6-7,12-13,16-18H2,1-5H3,(H,35,39)/t26?,34-/m0/s1. The highest BCUT2D eigenvalue weighted by Gasteiger charge is 2.43. The fraction of sp³-hybridized carbons (Fsp3) is 0.412. The van der Waals surface area contributed by atoms with Crippen molar-refractivity contribution in [2.24, 2.45) is 0 Å². The van der Waals surface area contributed by atoms with E-state index in [-0.39, 0.29) is 24.5 Å². The summed E-state index contributed by atoms with van der Waals surface area (Å²) in [6.45, 7) is 6.76. The minimum Gasteiger partial charge on any atom is -0.469 e. The lowest BCUT2D eigenvalue weighted by Gasteiger charge is -2.34. The molecule has 7 rings (SSSR count). The van der Waals surface area contributed by atoms with Gasteiger partial charge >= 0.3 is 5.97 Å². The molecule has 0 fully saturated rings. The summed E-state index contributed by atoms with van der Waals surface area (Å²) in [6.07, 6.45) is 3.48. The summed E-state index contributed by atoms with van der Waals surface area (Å²) < 4.78 is 16.8. The Morgan fingerprint density at radius 3 is 2.58 bits per heavy atom. The van der Waals surface area contributed by atoms with Gasteiger partial charge in [0.25, 0.3) is 5.91 Å². The Bertz CT molecular complexity index is 1960. The van der Waals surface area contributed by atoms with Crippen LogP contribution in [0, 0.1) is 0 Å². The molecule has 0 aliphatic carbocycles. The zero-order valence-electron chi connectivity index (χ0n) is 25.3. The van der Waals surface area contributed by atoms with Crippen LogP contribution in [-0.4, -0.2) is 45.9 Å². The van der Waals surface area contributed by atoms with Crippen LogP contribution in [0.2, 0.25) is 0 Å². The number of rotatable bonds is 9. The lowest BCUT2D eigenvalue weighted by atomic mass is 9.96. The zero-order valence-corrected chi connectivity index (χ0v) is 27.0. The number of carbonyl (C=O) groups is 2. The molecular formula is C34H37N3O4S2. The van der Waals surface area contributed by atoms with Gasteiger partial charge in [-0.05, 0) is 78.5 Å². The van der Waals surface area contributed by atoms with Gasteiger partial charge in [-0.3, -0.25) is 9.59 Å². The largest absolute Gasteiger partial charge is 0.469 e. The van der Waals surface area contributed by atoms with Crippen molar-refractivity contribution in [1.82, 2.24) is 14.5 Å². The van der Waals surface area contributed by atoms with Crippen LogP contribution in [0.1, 0.15) is 66.9 Å². The number of methoxy groups -OCH3 is 1. The van der Waals surface area contributed by atoms with Crippen molar-refractivity contribution in [3.8, 4) is 0 Å². The molecule has 3 aromatic carbocycles. The van der Waals surface area contributed by atoms with Crippen LogP contribution in [0.25, 0.3) is 43.6 Å². The Balaban J connectivity index is 1.70. The second-order valence-corrected chi connectivity index (χ2v) is 13.9. The van der Waals surface area contributed by atoms with E-state index < -0.39 is 5.72 Å². The monoisotopic (exact) mass is 615 g/mol. The minimum absolute atomic E-state index is 0.0285. The number of benzene rings is 3. The van der Waals surface area contributed by atoms with E-state index in [0.717, 1.165) is 78.4 Å². The van der Waals surface area contributed by atoms with E-state index in [2.05, 4.69) is 71.0 Å². The molecule has 2 aliphatic heterocycles. The van der Waals surface area contributed by atoms with Crippen molar-refractivity contribution in [1.29, 1.82) is 0 Å². The number of ether oxygens (including phenoxy) is 2. The van der Waals surface area contributed by atoms with E-state index >= 15 is 0 Å². The number of aromatic nitrogens is 2. The Morgan fingerprint density at radius 2 is 1.84 bits per heavy atom. The first-order valence-corrected chi connectivity index (χ1v) is 17.6. The normalized spacial score (nSPS) is 19.6. The molecule has 1 unspecified atom stereocenters. The molecule has 0 bridgehead atoms. The number of carbonyl (C=O) groups excluding carboxylic acids is 2. The highest BCUT2D eigenvalue weighted by atomic mass is 32.2. The maximum Gasteiger partial charge on any atom is 0.310 e. The maximum absolute atomic E-state index is 13.7. The first-order valence-electron chi connectivity index (χ1n) is 15.0. The topological polar surface area (TPSA) is 74.5 Å². The molecule has 0 spiro atoms. The third kappa shape index (κ3) is 4.22. The highest BCUT2D eigenvalue weighted by Crippen LogP contribution is 2.51. The molecule has 224 valence electrons. The molecule has 0 saturated heterocycles. The number of hydrogen-bond acceptors (Lipinski definition) is 6. The Labute approximate surface area is 259 Å². The molecule has 2 atom stereocenters. The smallest absolute Gasteiger partial charge is 0.310 e. The second-order valence-electron chi connectivity index (χ2n) is 11.7. The zero-order chi connectivity index (χ0) is 30.0. The summed E-state index contributed by atoms with van der Waals surface area (Å²) in [5.41, 5.74) is 7.34. The van der Waals surface area contributed by atoms with Crippen LogP contribution in [0.4, 0.5) is 0 Å². The van der Waals surface area contributed by atoms with Gasteiger partial charge in [-0.15, -0.1) is 0 Å². The van der Waals surface area contributed by atoms with Gasteiger partial charge in [0.2, 0.25) is 0 Å². The van der Waals surface area contributed by atoms with E-state index in [1.54, 1.807) is 0 Å². The van der Waals surface area contributed by atoms with Gasteiger partial charge in [-0.25, -0.2) is 0 Å². The first kappa shape index (κ1) is 28.6. The number of aryl methyl sites for hydroxylation is 1. The molecule has 2 aromatic heterocycles. The molecule has 9 heteroatoms. The van der Waals surface area contributed by atoms with Crippen LogP contribution >= 0.6 is 23.5 Å². The molecule has 4 heterocycles. The summed E-state index contributed by atoms with van der Waals surface area (Å²) in [5.74, 6) is 2.63. The van der Waals surface area contributed by atoms with Crippen molar-refractivity contribution in [3.05, 3.63) is 58.7 Å². The van der Waals surface area contributed by atoms with E-state index in [1.807, 2.05) is 30.4 Å². The lowest BCUT2D eigenvalue weighted by molar-refractivity contribution is -0.177. The van der Waals surface area contributed by atoms with Crippen LogP contribution in [0.15, 0.2) is 36.4 Å². The molecular weight excluding hydrogens is 579 g/mol. The quantitative estimate of drug-likeness (QED) is 0.173. The Hall–Kier alpha value is -3.14. The molecule has 1 amide bonds. The second kappa shape index (κ2) is 10.8. The van der Waals surface area contributed by atoms with Gasteiger partial charge < -0.3 is 23.9 Å². The number of hydrogen-bond donors (Lipinski definition) is 1. The van der Waals surface area contributed by atoms with E-state index in [4.69, 9.17) is 9.47 Å². The number of thioether (sulfide) groups is 2. The molecule has 43 heavy (non-hydrogen) atoms. The fourth-order valence-electron chi connectivity index (χ4n) is 7.28. The summed E-state index contributed by atoms with van der Waals surface area (Å²) in [4.78, 5) is 26.7. The van der Waals surface area contributed by atoms with Crippen molar-refractivity contribution < 1.29 is 19.1 Å². The van der Waals surface area contributed by atoms with Crippen molar-refractivity contribution in [3.63, 3.8) is 0 Å². The van der Waals surface area contributed by atoms with E-state index in [9.17, 15) is 9.59 Å². The van der Waals surface area contributed by atoms with Gasteiger partial charge in [-0.1, -0.05) is 26.0 Å². The average molecular weight is 616 g/mol. The summed E-state index contributed by atoms with van der Waals surface area (Å²) >= 11 is 3.72. The predicted octanol–water partition coefficient (Wildman–Crippen LogP) is 7.48. The lowest BCUT2D eigenvalue weighted by Crippen LogP contribution is -2.37. The van der Waals surface area contributed by atoms with Crippen molar-refractivity contribution in [2.45, 2.75) is 64.3 Å². The highest BCUT2D eigenvalue weighted by molar-refractivity contribution is 7.98. The van der Waals surface area contributed by atoms with Gasteiger partial charge in [0.15, 0.2) is 5.72 Å². The maximum atomic E-state index is 13.7. The summed E-state index contributed by atoms with van der Waals surface area (Å²) in [6, 6.07) is 13.3. The van der Waals surface area contributed by atoms with Gasteiger partial charge in [0.1, 0.15) is 6.23 Å². The van der Waals surface area contributed by atoms with E-state index in [0.29, 0.717) is 13.0 Å². The number of amides is 1. The molecule has 5 aromatic rings. The van der Waals surface area contributed by atoms with Gasteiger partial charge in [-0.2, -0.15) is 23.5 Å². The summed E-state index contributed by atoms with van der Waals surface area (Å²) in [5, 5.41) is 7.39. The molecule has 0 saturated carbocycles. The number of nitrogens with zero attached hydrogens (tertiary/aromatic N) is 2. The molecule has 7 nitrogen and oxygen atoms in total. The van der Waals surface area contributed by atoms with E-state index in [1.165, 1.54) is 18.2 Å². The molecule has 2 aliphatic rings. The summed E-state index contributed by atoms with van der Waals surface area (Å²) in [7, 11) is 1.43. The SMILES string of the molecule is CCSCc1ccc2c(c1)c1c3c(c4c5cc(CCSC)ccc5n5c4c1n2C(CC)O[C@@]5(C)CC(=O)OC)CNC3=O. The third-order valence-corrected chi connectivity index (χ3v) is 10.7. The predicted molar refractivity (Wildman–Crippen MR) is 178 cm³/mol. The average Bonchev–Trinajstić information content (AvgIpc) is 3.64. The number of fused-ring (bicyclic) bond motifs is 9. The van der Waals surface area contributed by atoms with Crippen molar-refractivity contribution >= 4 is 79.0 Å². The Morgan fingerprint density at radius 1 is 1.09 bits per heavy atom. The number of esters is 1. The molecule has 1 N–H and O–H groups in total. The Kier molecular flexibility index (Phi) is 7.18.